The maximum atomic E-state index is 11.2. The summed E-state index contributed by atoms with van der Waals surface area (Å²) in [5.74, 6) is -1.71. The molecule has 1 aromatic rings. The molecule has 0 amide bonds. The van der Waals surface area contributed by atoms with Crippen LogP contribution in [0.5, 0.6) is 0 Å². The van der Waals surface area contributed by atoms with Gasteiger partial charge in [0.25, 0.3) is 0 Å². The molecule has 0 aromatic heterocycles. The highest BCUT2D eigenvalue weighted by Gasteiger charge is 1.97. The molecule has 0 heterocycles. The molecule has 1 aromatic carbocycles. The summed E-state index contributed by atoms with van der Waals surface area (Å²) in [7, 11) is 0. The molecule has 0 N–H and O–H groups in total. The molecule has 1 rings (SSSR count). The van der Waals surface area contributed by atoms with Gasteiger partial charge in [0.2, 0.25) is 0 Å². The standard InChI is InChI=1S/C10H8O3/c11-9(6-7-10(12)13)8-4-2-1-3-5-8/h1-7H,(H,12,13)/p-1. The Bertz CT molecular complexity index is 338. The summed E-state index contributed by atoms with van der Waals surface area (Å²) in [6, 6.07) is 8.42. The Kier molecular flexibility index (Phi) is 2.97. The second-order valence-electron chi connectivity index (χ2n) is 2.38. The molecule has 0 atom stereocenters. The minimum Gasteiger partial charge on any atom is -0.545 e. The maximum absolute atomic E-state index is 11.2. The van der Waals surface area contributed by atoms with Crippen molar-refractivity contribution in [3.63, 3.8) is 0 Å². The third-order valence-electron chi connectivity index (χ3n) is 1.43. The number of carbonyl (C=O) groups excluding carboxylic acids is 2. The number of carbonyl (C=O) groups is 2. The number of aliphatic carboxylic acids is 1. The van der Waals surface area contributed by atoms with Crippen LogP contribution in [-0.4, -0.2) is 11.8 Å². The normalized spacial score (nSPS) is 10.2. The van der Waals surface area contributed by atoms with Crippen LogP contribution in [0, 0.1) is 0 Å². The second-order valence-corrected chi connectivity index (χ2v) is 2.38. The van der Waals surface area contributed by atoms with Gasteiger partial charge in [0.05, 0.1) is 5.97 Å². The molecule has 0 bridgehead atoms. The highest BCUT2D eigenvalue weighted by molar-refractivity contribution is 6.06. The lowest BCUT2D eigenvalue weighted by atomic mass is 10.1. The van der Waals surface area contributed by atoms with E-state index in [1.807, 2.05) is 0 Å². The van der Waals surface area contributed by atoms with Crippen molar-refractivity contribution < 1.29 is 14.7 Å². The number of hydrogen-bond acceptors (Lipinski definition) is 3. The van der Waals surface area contributed by atoms with Crippen molar-refractivity contribution in [2.45, 2.75) is 0 Å². The van der Waals surface area contributed by atoms with E-state index in [9.17, 15) is 14.7 Å². The Morgan fingerprint density at radius 1 is 1.08 bits per heavy atom. The summed E-state index contributed by atoms with van der Waals surface area (Å²) in [6.07, 6.45) is 1.69. The first-order valence-corrected chi connectivity index (χ1v) is 3.68. The smallest absolute Gasteiger partial charge is 0.185 e. The average molecular weight is 175 g/mol. The van der Waals surface area contributed by atoms with Crippen LogP contribution in [0.2, 0.25) is 0 Å². The number of carboxylic acids is 1. The molecule has 0 aliphatic rings. The highest BCUT2D eigenvalue weighted by Crippen LogP contribution is 2.00. The molecule has 0 aliphatic carbocycles. The maximum Gasteiger partial charge on any atom is 0.185 e. The molecule has 0 saturated carbocycles. The number of rotatable bonds is 3. The zero-order valence-electron chi connectivity index (χ0n) is 6.77. The second kappa shape index (κ2) is 4.21. The fourth-order valence-corrected chi connectivity index (χ4v) is 0.842. The van der Waals surface area contributed by atoms with Crippen LogP contribution < -0.4 is 5.11 Å². The lowest BCUT2D eigenvalue weighted by Gasteiger charge is -1.94. The molecule has 0 unspecified atom stereocenters. The van der Waals surface area contributed by atoms with Gasteiger partial charge < -0.3 is 9.90 Å². The summed E-state index contributed by atoms with van der Waals surface area (Å²) < 4.78 is 0. The van der Waals surface area contributed by atoms with Gasteiger partial charge in [0, 0.05) is 5.56 Å². The Morgan fingerprint density at radius 3 is 2.23 bits per heavy atom. The summed E-state index contributed by atoms with van der Waals surface area (Å²) in [6.45, 7) is 0. The van der Waals surface area contributed by atoms with Gasteiger partial charge in [-0.05, 0) is 12.2 Å². The van der Waals surface area contributed by atoms with Crippen LogP contribution in [-0.2, 0) is 4.79 Å². The van der Waals surface area contributed by atoms with E-state index in [2.05, 4.69) is 0 Å². The number of carboxylic acid groups (broad SMARTS) is 1. The van der Waals surface area contributed by atoms with Crippen LogP contribution in [0.25, 0.3) is 0 Å². The van der Waals surface area contributed by atoms with Crippen molar-refractivity contribution in [3.05, 3.63) is 48.0 Å². The van der Waals surface area contributed by atoms with E-state index >= 15 is 0 Å². The number of allylic oxidation sites excluding steroid dienone is 1. The predicted octanol–water partition coefficient (Wildman–Crippen LogP) is 0.175. The largest absolute Gasteiger partial charge is 0.545 e. The average Bonchev–Trinajstić information content (AvgIpc) is 2.15. The van der Waals surface area contributed by atoms with E-state index in [4.69, 9.17) is 0 Å². The Labute approximate surface area is 75.3 Å². The van der Waals surface area contributed by atoms with Crippen molar-refractivity contribution in [2.75, 3.05) is 0 Å². The first kappa shape index (κ1) is 9.19. The number of benzene rings is 1. The third kappa shape index (κ3) is 2.91. The third-order valence-corrected chi connectivity index (χ3v) is 1.43. The van der Waals surface area contributed by atoms with E-state index in [0.29, 0.717) is 5.56 Å². The van der Waals surface area contributed by atoms with Gasteiger partial charge >= 0.3 is 0 Å². The number of ketones is 1. The molecule has 0 radical (unpaired) electrons. The van der Waals surface area contributed by atoms with Crippen LogP contribution >= 0.6 is 0 Å². The van der Waals surface area contributed by atoms with Crippen LogP contribution in [0.4, 0.5) is 0 Å². The van der Waals surface area contributed by atoms with Crippen LogP contribution in [0.15, 0.2) is 42.5 Å². The molecular weight excluding hydrogens is 168 g/mol. The topological polar surface area (TPSA) is 57.2 Å². The van der Waals surface area contributed by atoms with Crippen molar-refractivity contribution in [1.29, 1.82) is 0 Å². The van der Waals surface area contributed by atoms with Crippen LogP contribution in [0.3, 0.4) is 0 Å². The summed E-state index contributed by atoms with van der Waals surface area (Å²) in [5.41, 5.74) is 0.458. The fraction of sp³-hybridized carbons (Fsp3) is 0. The molecule has 0 aliphatic heterocycles. The van der Waals surface area contributed by atoms with Crippen molar-refractivity contribution in [3.8, 4) is 0 Å². The fourth-order valence-electron chi connectivity index (χ4n) is 0.842. The van der Waals surface area contributed by atoms with E-state index in [1.165, 1.54) is 0 Å². The monoisotopic (exact) mass is 175 g/mol. The van der Waals surface area contributed by atoms with E-state index in [1.54, 1.807) is 30.3 Å². The highest BCUT2D eigenvalue weighted by atomic mass is 16.4. The van der Waals surface area contributed by atoms with Gasteiger partial charge in [-0.1, -0.05) is 30.3 Å². The van der Waals surface area contributed by atoms with Crippen molar-refractivity contribution in [1.82, 2.24) is 0 Å². The van der Waals surface area contributed by atoms with Gasteiger partial charge in [0.1, 0.15) is 0 Å². The molecule has 0 spiro atoms. The minimum atomic E-state index is -1.37. The zero-order valence-corrected chi connectivity index (χ0v) is 6.77. The first-order chi connectivity index (χ1) is 6.20. The van der Waals surface area contributed by atoms with E-state index < -0.39 is 5.97 Å². The SMILES string of the molecule is O=C([O-])C=CC(=O)c1ccccc1. The summed E-state index contributed by atoms with van der Waals surface area (Å²) in [4.78, 5) is 21.2. The minimum absolute atomic E-state index is 0.343. The molecule has 0 saturated heterocycles. The summed E-state index contributed by atoms with van der Waals surface area (Å²) in [5, 5.41) is 9.98. The summed E-state index contributed by atoms with van der Waals surface area (Å²) >= 11 is 0. The first-order valence-electron chi connectivity index (χ1n) is 3.68. The van der Waals surface area contributed by atoms with Gasteiger partial charge in [-0.15, -0.1) is 0 Å². The molecule has 66 valence electrons. The molecule has 3 nitrogen and oxygen atoms in total. The molecular formula is C10H7O3-. The zero-order chi connectivity index (χ0) is 9.68. The lowest BCUT2D eigenvalue weighted by molar-refractivity contribution is -0.297. The van der Waals surface area contributed by atoms with Crippen LogP contribution in [0.1, 0.15) is 10.4 Å². The molecule has 0 fully saturated rings. The van der Waals surface area contributed by atoms with E-state index in [-0.39, 0.29) is 5.78 Å². The Balaban J connectivity index is 2.76. The van der Waals surface area contributed by atoms with Gasteiger partial charge in [-0.2, -0.15) is 0 Å². The van der Waals surface area contributed by atoms with Crippen molar-refractivity contribution >= 4 is 11.8 Å². The van der Waals surface area contributed by atoms with E-state index in [0.717, 1.165) is 12.2 Å². The quantitative estimate of drug-likeness (QED) is 0.486. The Morgan fingerprint density at radius 2 is 1.69 bits per heavy atom. The number of hydrogen-bond donors (Lipinski definition) is 0. The van der Waals surface area contributed by atoms with Crippen molar-refractivity contribution in [2.24, 2.45) is 0 Å². The van der Waals surface area contributed by atoms with Gasteiger partial charge in [-0.25, -0.2) is 0 Å². The predicted molar refractivity (Wildman–Crippen MR) is 44.9 cm³/mol. The lowest BCUT2D eigenvalue weighted by Crippen LogP contribution is -2.19. The molecule has 13 heavy (non-hydrogen) atoms. The van der Waals surface area contributed by atoms with Gasteiger partial charge in [-0.3, -0.25) is 4.79 Å². The van der Waals surface area contributed by atoms with Gasteiger partial charge in [0.15, 0.2) is 5.78 Å². The molecule has 3 heteroatoms. The Hall–Kier alpha value is -1.90.